The average Bonchev–Trinajstić information content (AvgIpc) is 3.12. The molecule has 0 bridgehead atoms. The molecule has 18 heavy (non-hydrogen) atoms. The van der Waals surface area contributed by atoms with Gasteiger partial charge in [-0.15, -0.1) is 0 Å². The van der Waals surface area contributed by atoms with Crippen LogP contribution < -0.4 is 4.72 Å². The summed E-state index contributed by atoms with van der Waals surface area (Å²) >= 11 is 0. The van der Waals surface area contributed by atoms with Crippen molar-refractivity contribution in [3.63, 3.8) is 0 Å². The molecule has 2 rings (SSSR count). The van der Waals surface area contributed by atoms with Crippen LogP contribution in [0.4, 0.5) is 0 Å². The zero-order valence-corrected chi connectivity index (χ0v) is 11.7. The molecule has 5 heteroatoms. The Bertz CT molecular complexity index is 483. The fraction of sp³-hybridized carbons (Fsp3) is 0.615. The van der Waals surface area contributed by atoms with Crippen molar-refractivity contribution in [3.05, 3.63) is 30.1 Å². The van der Waals surface area contributed by atoms with E-state index in [1.165, 1.54) is 12.8 Å². The molecule has 1 heterocycles. The number of sulfonamides is 1. The van der Waals surface area contributed by atoms with Crippen LogP contribution in [0.2, 0.25) is 0 Å². The van der Waals surface area contributed by atoms with E-state index in [-0.39, 0.29) is 17.7 Å². The quantitative estimate of drug-likeness (QED) is 0.859. The normalized spacial score (nSPS) is 19.4. The van der Waals surface area contributed by atoms with Crippen LogP contribution in [0, 0.1) is 11.8 Å². The molecule has 1 aromatic heterocycles. The van der Waals surface area contributed by atoms with Gasteiger partial charge in [-0.2, -0.15) is 0 Å². The van der Waals surface area contributed by atoms with Gasteiger partial charge >= 0.3 is 0 Å². The van der Waals surface area contributed by atoms with Gasteiger partial charge in [0.1, 0.15) is 0 Å². The van der Waals surface area contributed by atoms with Crippen LogP contribution in [-0.4, -0.2) is 19.2 Å². The van der Waals surface area contributed by atoms with E-state index in [0.29, 0.717) is 5.92 Å². The molecule has 1 aliphatic carbocycles. The van der Waals surface area contributed by atoms with E-state index >= 15 is 0 Å². The molecule has 1 saturated carbocycles. The van der Waals surface area contributed by atoms with Gasteiger partial charge in [0, 0.05) is 6.20 Å². The second kappa shape index (κ2) is 5.36. The minimum Gasteiger partial charge on any atom is -0.260 e. The molecular weight excluding hydrogens is 248 g/mol. The molecule has 0 aliphatic heterocycles. The molecule has 1 N–H and O–H groups in total. The van der Waals surface area contributed by atoms with Crippen molar-refractivity contribution >= 4 is 10.0 Å². The lowest BCUT2D eigenvalue weighted by molar-refractivity contribution is 0.519. The molecule has 0 aromatic carbocycles. The minimum absolute atomic E-state index is 0.217. The van der Waals surface area contributed by atoms with Crippen molar-refractivity contribution in [1.29, 1.82) is 0 Å². The largest absolute Gasteiger partial charge is 0.260 e. The van der Waals surface area contributed by atoms with Crippen LogP contribution in [-0.2, 0) is 10.0 Å². The molecule has 1 fully saturated rings. The van der Waals surface area contributed by atoms with Crippen molar-refractivity contribution in [2.24, 2.45) is 11.8 Å². The lowest BCUT2D eigenvalue weighted by atomic mass is 10.1. The first kappa shape index (κ1) is 13.5. The molecule has 4 nitrogen and oxygen atoms in total. The molecule has 1 unspecified atom stereocenters. The van der Waals surface area contributed by atoms with E-state index < -0.39 is 10.0 Å². The first-order valence-corrected chi connectivity index (χ1v) is 8.04. The summed E-state index contributed by atoms with van der Waals surface area (Å²) < 4.78 is 26.7. The summed E-state index contributed by atoms with van der Waals surface area (Å²) in [5.41, 5.74) is 0.750. The second-order valence-electron chi connectivity index (χ2n) is 5.19. The summed E-state index contributed by atoms with van der Waals surface area (Å²) in [7, 11) is -3.22. The van der Waals surface area contributed by atoms with Crippen molar-refractivity contribution in [1.82, 2.24) is 9.71 Å². The van der Waals surface area contributed by atoms with Crippen LogP contribution in [0.1, 0.15) is 38.4 Å². The van der Waals surface area contributed by atoms with E-state index in [9.17, 15) is 8.42 Å². The Morgan fingerprint density at radius 1 is 1.39 bits per heavy atom. The number of hydrogen-bond donors (Lipinski definition) is 1. The standard InChI is InChI=1S/C13H20N2O2S/c1-10(12-6-7-12)9-18(16,17)15-11(2)13-5-3-4-8-14-13/h3-5,8,10-12,15H,6-7,9H2,1-2H3/t10?,11-/m0/s1. The topological polar surface area (TPSA) is 59.1 Å². The Hall–Kier alpha value is -0.940. The molecule has 0 radical (unpaired) electrons. The summed E-state index contributed by atoms with van der Waals surface area (Å²) in [6.07, 6.45) is 4.02. The lowest BCUT2D eigenvalue weighted by Crippen LogP contribution is -2.32. The number of nitrogens with zero attached hydrogens (tertiary/aromatic N) is 1. The minimum atomic E-state index is -3.22. The maximum absolute atomic E-state index is 12.0. The van der Waals surface area contributed by atoms with E-state index in [0.717, 1.165) is 5.69 Å². The smallest absolute Gasteiger partial charge is 0.212 e. The van der Waals surface area contributed by atoms with Gasteiger partial charge in [0.2, 0.25) is 10.0 Å². The van der Waals surface area contributed by atoms with Crippen LogP contribution in [0.5, 0.6) is 0 Å². The Kier molecular flexibility index (Phi) is 4.02. The highest BCUT2D eigenvalue weighted by atomic mass is 32.2. The van der Waals surface area contributed by atoms with Gasteiger partial charge in [-0.25, -0.2) is 13.1 Å². The zero-order chi connectivity index (χ0) is 13.2. The van der Waals surface area contributed by atoms with E-state index in [4.69, 9.17) is 0 Å². The van der Waals surface area contributed by atoms with Gasteiger partial charge in [-0.1, -0.05) is 13.0 Å². The Balaban J connectivity index is 1.95. The Labute approximate surface area is 109 Å². The molecule has 1 aromatic rings. The number of aromatic nitrogens is 1. The highest BCUT2D eigenvalue weighted by Crippen LogP contribution is 2.37. The highest BCUT2D eigenvalue weighted by Gasteiger charge is 2.31. The first-order chi connectivity index (χ1) is 8.48. The molecule has 1 aliphatic rings. The van der Waals surface area contributed by atoms with Crippen LogP contribution in [0.15, 0.2) is 24.4 Å². The molecule has 0 amide bonds. The predicted octanol–water partition coefficient (Wildman–Crippen LogP) is 2.11. The summed E-state index contributed by atoms with van der Waals surface area (Å²) in [5.74, 6) is 1.07. The monoisotopic (exact) mass is 268 g/mol. The highest BCUT2D eigenvalue weighted by molar-refractivity contribution is 7.89. The van der Waals surface area contributed by atoms with Crippen molar-refractivity contribution < 1.29 is 8.42 Å². The predicted molar refractivity (Wildman–Crippen MR) is 71.5 cm³/mol. The fourth-order valence-electron chi connectivity index (χ4n) is 2.16. The second-order valence-corrected chi connectivity index (χ2v) is 6.99. The van der Waals surface area contributed by atoms with Crippen molar-refractivity contribution in [2.75, 3.05) is 5.75 Å². The van der Waals surface area contributed by atoms with E-state index in [1.54, 1.807) is 6.20 Å². The molecular formula is C13H20N2O2S. The third kappa shape index (κ3) is 3.78. The number of pyridine rings is 1. The van der Waals surface area contributed by atoms with E-state index in [2.05, 4.69) is 9.71 Å². The van der Waals surface area contributed by atoms with Gasteiger partial charge < -0.3 is 0 Å². The van der Waals surface area contributed by atoms with Crippen LogP contribution in [0.3, 0.4) is 0 Å². The molecule has 0 spiro atoms. The molecule has 0 saturated heterocycles. The van der Waals surface area contributed by atoms with E-state index in [1.807, 2.05) is 32.0 Å². The number of rotatable bonds is 6. The summed E-state index contributed by atoms with van der Waals surface area (Å²) in [5, 5.41) is 0. The summed E-state index contributed by atoms with van der Waals surface area (Å²) in [4.78, 5) is 4.16. The van der Waals surface area contributed by atoms with Crippen LogP contribution in [0.25, 0.3) is 0 Å². The fourth-order valence-corrected chi connectivity index (χ4v) is 3.88. The van der Waals surface area contributed by atoms with Gasteiger partial charge in [0.25, 0.3) is 0 Å². The SMILES string of the molecule is CC(CS(=O)(=O)N[C@@H](C)c1ccccn1)C1CC1. The van der Waals surface area contributed by atoms with Gasteiger partial charge in [0.15, 0.2) is 0 Å². The number of nitrogens with one attached hydrogen (secondary N) is 1. The third-order valence-corrected chi connectivity index (χ3v) is 5.07. The molecule has 2 atom stereocenters. The van der Waals surface area contributed by atoms with Gasteiger partial charge in [0.05, 0.1) is 17.5 Å². The third-order valence-electron chi connectivity index (χ3n) is 3.40. The van der Waals surface area contributed by atoms with Crippen molar-refractivity contribution in [2.45, 2.75) is 32.7 Å². The van der Waals surface area contributed by atoms with Gasteiger partial charge in [-0.05, 0) is 43.7 Å². The maximum Gasteiger partial charge on any atom is 0.212 e. The summed E-state index contributed by atoms with van der Waals surface area (Å²) in [6, 6.07) is 5.24. The first-order valence-electron chi connectivity index (χ1n) is 6.39. The van der Waals surface area contributed by atoms with Gasteiger partial charge in [-0.3, -0.25) is 4.98 Å². The maximum atomic E-state index is 12.0. The summed E-state index contributed by atoms with van der Waals surface area (Å²) in [6.45, 7) is 3.84. The van der Waals surface area contributed by atoms with Crippen molar-refractivity contribution in [3.8, 4) is 0 Å². The lowest BCUT2D eigenvalue weighted by Gasteiger charge is -2.16. The molecule has 100 valence electrons. The zero-order valence-electron chi connectivity index (χ0n) is 10.8. The average molecular weight is 268 g/mol. The Morgan fingerprint density at radius 2 is 2.11 bits per heavy atom. The Morgan fingerprint density at radius 3 is 2.67 bits per heavy atom. The number of hydrogen-bond acceptors (Lipinski definition) is 3. The van der Waals surface area contributed by atoms with Crippen LogP contribution >= 0.6 is 0 Å².